The number of carbonyl (C=O) groups excluding carboxylic acids is 5. The first-order valence-electron chi connectivity index (χ1n) is 24.0. The number of likely N-dealkylation sites (tertiary alicyclic amines) is 2. The highest BCUT2D eigenvalue weighted by atomic mass is 19.1. The van der Waals surface area contributed by atoms with Crippen LogP contribution in [0, 0.1) is 5.82 Å². The molecule has 4 aliphatic rings. The van der Waals surface area contributed by atoms with E-state index >= 15 is 0 Å². The van der Waals surface area contributed by atoms with Crippen LogP contribution in [0.1, 0.15) is 104 Å². The average Bonchev–Trinajstić information content (AvgIpc) is 3.63. The highest BCUT2D eigenvalue weighted by Crippen LogP contribution is 2.40. The molecule has 2 saturated heterocycles. The van der Waals surface area contributed by atoms with Crippen LogP contribution in [0.2, 0.25) is 0 Å². The van der Waals surface area contributed by atoms with Gasteiger partial charge in [-0.05, 0) is 133 Å². The van der Waals surface area contributed by atoms with Gasteiger partial charge >= 0.3 is 6.03 Å². The number of nitrogens with zero attached hydrogens (tertiary/aromatic N) is 5. The van der Waals surface area contributed by atoms with E-state index in [1.54, 1.807) is 18.2 Å². The van der Waals surface area contributed by atoms with Gasteiger partial charge in [0, 0.05) is 64.7 Å². The molecule has 14 heteroatoms. The van der Waals surface area contributed by atoms with Crippen LogP contribution >= 0.6 is 0 Å². The highest BCUT2D eigenvalue weighted by molar-refractivity contribution is 6.02. The minimum Gasteiger partial charge on any atom is -0.508 e. The summed E-state index contributed by atoms with van der Waals surface area (Å²) in [4.78, 5) is 73.4. The average molecular weight is 902 g/mol. The van der Waals surface area contributed by atoms with Gasteiger partial charge in [0.1, 0.15) is 23.9 Å². The van der Waals surface area contributed by atoms with E-state index < -0.39 is 11.9 Å². The van der Waals surface area contributed by atoms with E-state index in [4.69, 9.17) is 0 Å². The molecule has 4 aromatic rings. The Morgan fingerprint density at radius 2 is 1.67 bits per heavy atom. The lowest BCUT2D eigenvalue weighted by Gasteiger charge is -2.48. The fraction of sp³-hybridized carbons (Fsp3) is 0.481. The lowest BCUT2D eigenvalue weighted by atomic mass is 9.85. The zero-order chi connectivity index (χ0) is 46.3. The summed E-state index contributed by atoms with van der Waals surface area (Å²) in [5, 5.41) is 18.8. The van der Waals surface area contributed by atoms with Crippen LogP contribution in [-0.2, 0) is 27.5 Å². The van der Waals surface area contributed by atoms with Crippen molar-refractivity contribution in [2.24, 2.45) is 0 Å². The molecular formula is C52H64FN7O6. The van der Waals surface area contributed by atoms with Gasteiger partial charge in [0.15, 0.2) is 0 Å². The summed E-state index contributed by atoms with van der Waals surface area (Å²) < 4.78 is 14.9. The lowest BCUT2D eigenvalue weighted by molar-refractivity contribution is -0.137. The van der Waals surface area contributed by atoms with E-state index in [1.165, 1.54) is 18.0 Å². The van der Waals surface area contributed by atoms with Gasteiger partial charge in [-0.1, -0.05) is 62.6 Å². The Morgan fingerprint density at radius 3 is 2.44 bits per heavy atom. The Hall–Kier alpha value is -5.86. The molecule has 5 amide bonds. The maximum absolute atomic E-state index is 14.9. The van der Waals surface area contributed by atoms with E-state index in [2.05, 4.69) is 39.8 Å². The maximum atomic E-state index is 14.9. The number of phenolic OH excluding ortho intramolecular Hbond substituents is 1. The van der Waals surface area contributed by atoms with Crippen LogP contribution in [0.4, 0.5) is 14.9 Å². The van der Waals surface area contributed by atoms with Crippen LogP contribution in [0.25, 0.3) is 21.9 Å². The van der Waals surface area contributed by atoms with Crippen LogP contribution in [0.5, 0.6) is 5.75 Å². The SMILES string of the molecule is CCC(=O)N1CC(N2Cc3ccc(-c4cc(O)cc5ccccc45)cc3N(CCNCCCCCCCN3CCC(c4cc(F)cc5c4CN(C(CCC=O)C(=O)NC)C5=O)CC3)C2=O)C1. The Morgan fingerprint density at radius 1 is 0.894 bits per heavy atom. The molecule has 66 heavy (non-hydrogen) atoms. The molecule has 3 N–H and O–H groups in total. The van der Waals surface area contributed by atoms with Crippen molar-refractivity contribution in [3.63, 3.8) is 0 Å². The topological polar surface area (TPSA) is 146 Å². The summed E-state index contributed by atoms with van der Waals surface area (Å²) in [5.74, 6) is -0.675. The van der Waals surface area contributed by atoms with Crippen molar-refractivity contribution in [3.05, 3.63) is 94.8 Å². The molecular weight excluding hydrogens is 838 g/mol. The molecule has 4 aromatic carbocycles. The number of carbonyl (C=O) groups is 5. The fourth-order valence-electron chi connectivity index (χ4n) is 10.5. The second-order valence-corrected chi connectivity index (χ2v) is 18.4. The number of amides is 5. The fourth-order valence-corrected chi connectivity index (χ4v) is 10.5. The van der Waals surface area contributed by atoms with Gasteiger partial charge < -0.3 is 40.1 Å². The first kappa shape index (κ1) is 46.7. The van der Waals surface area contributed by atoms with Crippen molar-refractivity contribution < 1.29 is 33.5 Å². The standard InChI is InChI=1S/C52H64FN7O6/c1-3-49(63)57-32-40(33-57)59-31-38-16-15-37(44-30-41(62)26-36-12-7-8-13-42(36)44)27-48(38)58(52(59)66)24-20-55-19-9-5-4-6-10-21-56-22-17-35(18-23-56)43-28-39(53)29-45-46(43)34-60(51(45)65)47(14-11-25-61)50(64)54-2/h7-8,12-13,15-16,25-30,35,40,47,55,62H,3-6,9-11,14,17-24,31-34H2,1-2H3,(H,54,64). The van der Waals surface area contributed by atoms with Gasteiger partial charge in [-0.2, -0.15) is 0 Å². The monoisotopic (exact) mass is 901 g/mol. The maximum Gasteiger partial charge on any atom is 0.325 e. The first-order chi connectivity index (χ1) is 32.1. The molecule has 8 rings (SSSR count). The number of likely N-dealkylation sites (N-methyl/N-ethyl adjacent to an activating group) is 1. The third kappa shape index (κ3) is 10.1. The second kappa shape index (κ2) is 21.2. The molecule has 0 bridgehead atoms. The summed E-state index contributed by atoms with van der Waals surface area (Å²) in [6.07, 6.45) is 8.88. The molecule has 0 saturated carbocycles. The van der Waals surface area contributed by atoms with Crippen molar-refractivity contribution in [1.82, 2.24) is 30.2 Å². The number of halogens is 1. The number of hydrogen-bond acceptors (Lipinski definition) is 8. The van der Waals surface area contributed by atoms with Crippen molar-refractivity contribution >= 4 is 46.5 Å². The predicted octanol–water partition coefficient (Wildman–Crippen LogP) is 7.18. The quantitative estimate of drug-likeness (QED) is 0.0625. The summed E-state index contributed by atoms with van der Waals surface area (Å²) in [6, 6.07) is 19.8. The number of rotatable bonds is 20. The Bertz CT molecular complexity index is 2430. The van der Waals surface area contributed by atoms with E-state index in [-0.39, 0.29) is 60.8 Å². The summed E-state index contributed by atoms with van der Waals surface area (Å²) in [7, 11) is 1.51. The molecule has 0 radical (unpaired) electrons. The highest BCUT2D eigenvalue weighted by Gasteiger charge is 2.42. The number of fused-ring (bicyclic) bond motifs is 3. The Kier molecular flexibility index (Phi) is 15.0. The van der Waals surface area contributed by atoms with Crippen LogP contribution in [-0.4, -0.2) is 126 Å². The van der Waals surface area contributed by atoms with E-state index in [9.17, 15) is 33.5 Å². The number of urea groups is 1. The van der Waals surface area contributed by atoms with Crippen LogP contribution in [0.3, 0.4) is 0 Å². The third-order valence-corrected chi connectivity index (χ3v) is 14.2. The minimum absolute atomic E-state index is 0.0164. The molecule has 0 spiro atoms. The molecule has 13 nitrogen and oxygen atoms in total. The number of nitrogens with one attached hydrogen (secondary N) is 2. The number of unbranched alkanes of at least 4 members (excludes halogenated alkanes) is 4. The number of hydrogen-bond donors (Lipinski definition) is 3. The van der Waals surface area contributed by atoms with Crippen LogP contribution < -0.4 is 15.5 Å². The number of benzene rings is 4. The number of aldehydes is 1. The van der Waals surface area contributed by atoms with Gasteiger partial charge in [-0.25, -0.2) is 9.18 Å². The zero-order valence-electron chi connectivity index (χ0n) is 38.4. The first-order valence-corrected chi connectivity index (χ1v) is 24.0. The third-order valence-electron chi connectivity index (χ3n) is 14.2. The van der Waals surface area contributed by atoms with Gasteiger partial charge in [0.05, 0.1) is 11.7 Å². The van der Waals surface area contributed by atoms with Gasteiger partial charge in [-0.3, -0.25) is 19.3 Å². The Balaban J connectivity index is 0.785. The summed E-state index contributed by atoms with van der Waals surface area (Å²) >= 11 is 0. The number of phenols is 1. The Labute approximate surface area is 387 Å². The molecule has 1 atom stereocenters. The summed E-state index contributed by atoms with van der Waals surface area (Å²) in [6.45, 7) is 8.55. The molecule has 4 heterocycles. The zero-order valence-corrected chi connectivity index (χ0v) is 38.4. The molecule has 0 aromatic heterocycles. The van der Waals surface area contributed by atoms with Crippen molar-refractivity contribution in [1.29, 1.82) is 0 Å². The van der Waals surface area contributed by atoms with E-state index in [0.717, 1.165) is 122 Å². The van der Waals surface area contributed by atoms with Crippen molar-refractivity contribution in [2.75, 3.05) is 64.3 Å². The number of aromatic hydroxyl groups is 1. The second-order valence-electron chi connectivity index (χ2n) is 18.4. The van der Waals surface area contributed by atoms with E-state index in [0.29, 0.717) is 44.7 Å². The minimum atomic E-state index is -0.781. The molecule has 0 aliphatic carbocycles. The molecule has 1 unspecified atom stereocenters. The summed E-state index contributed by atoms with van der Waals surface area (Å²) in [5.41, 5.74) is 5.81. The molecule has 2 fully saturated rings. The normalized spacial score (nSPS) is 17.3. The molecule has 4 aliphatic heterocycles. The van der Waals surface area contributed by atoms with Crippen LogP contribution in [0.15, 0.2) is 66.7 Å². The number of anilines is 1. The van der Waals surface area contributed by atoms with Crippen molar-refractivity contribution in [2.45, 2.75) is 102 Å². The number of piperidine rings is 1. The molecule has 350 valence electrons. The predicted molar refractivity (Wildman–Crippen MR) is 254 cm³/mol. The van der Waals surface area contributed by atoms with Crippen molar-refractivity contribution in [3.8, 4) is 16.9 Å². The lowest BCUT2D eigenvalue weighted by Crippen LogP contribution is -2.65. The largest absolute Gasteiger partial charge is 0.508 e. The van der Waals surface area contributed by atoms with Gasteiger partial charge in [-0.15, -0.1) is 0 Å². The van der Waals surface area contributed by atoms with E-state index in [1.807, 2.05) is 39.8 Å². The van der Waals surface area contributed by atoms with Gasteiger partial charge in [0.25, 0.3) is 5.91 Å². The van der Waals surface area contributed by atoms with Gasteiger partial charge in [0.2, 0.25) is 11.8 Å². The smallest absolute Gasteiger partial charge is 0.325 e.